The number of ether oxygens (including phenoxy) is 1. The van der Waals surface area contributed by atoms with Crippen molar-refractivity contribution in [3.05, 3.63) is 77.4 Å². The predicted molar refractivity (Wildman–Crippen MR) is 121 cm³/mol. The van der Waals surface area contributed by atoms with E-state index in [1.807, 2.05) is 49.4 Å². The highest BCUT2D eigenvalue weighted by Crippen LogP contribution is 2.26. The Balaban J connectivity index is 1.60. The van der Waals surface area contributed by atoms with E-state index >= 15 is 0 Å². The Bertz CT molecular complexity index is 1210. The first kappa shape index (κ1) is 21.5. The summed E-state index contributed by atoms with van der Waals surface area (Å²) in [6.45, 7) is 5.06. The fourth-order valence-corrected chi connectivity index (χ4v) is 5.59. The number of carbonyl (C=O) groups is 1. The molecule has 3 aromatic rings. The van der Waals surface area contributed by atoms with Crippen LogP contribution in [0.15, 0.2) is 65.6 Å². The summed E-state index contributed by atoms with van der Waals surface area (Å²) in [7, 11) is -3.68. The quantitative estimate of drug-likeness (QED) is 0.660. The van der Waals surface area contributed by atoms with Gasteiger partial charge in [-0.05, 0) is 47.9 Å². The molecule has 162 valence electrons. The summed E-state index contributed by atoms with van der Waals surface area (Å²) >= 11 is 0. The Morgan fingerprint density at radius 3 is 2.52 bits per heavy atom. The lowest BCUT2D eigenvalue weighted by Gasteiger charge is -2.27. The molecule has 1 unspecified atom stereocenters. The van der Waals surface area contributed by atoms with E-state index in [2.05, 4.69) is 5.32 Å². The van der Waals surface area contributed by atoms with Crippen molar-refractivity contribution >= 4 is 26.7 Å². The number of rotatable bonds is 5. The van der Waals surface area contributed by atoms with Gasteiger partial charge in [0.15, 0.2) is 0 Å². The number of morpholine rings is 1. The van der Waals surface area contributed by atoms with Crippen molar-refractivity contribution in [2.24, 2.45) is 0 Å². The van der Waals surface area contributed by atoms with Gasteiger partial charge in [0.2, 0.25) is 10.0 Å². The average molecular weight is 439 g/mol. The first-order valence-electron chi connectivity index (χ1n) is 10.3. The molecule has 0 radical (unpaired) electrons. The van der Waals surface area contributed by atoms with Gasteiger partial charge in [0.1, 0.15) is 0 Å². The zero-order chi connectivity index (χ0) is 22.0. The lowest BCUT2D eigenvalue weighted by molar-refractivity contribution is 0.0730. The van der Waals surface area contributed by atoms with Crippen molar-refractivity contribution in [2.45, 2.75) is 24.8 Å². The van der Waals surface area contributed by atoms with Gasteiger partial charge in [-0.15, -0.1) is 0 Å². The third kappa shape index (κ3) is 4.35. The SMILES string of the molecule is Cc1ccc(C(=O)NC(C)c2cccc3ccccc23)cc1S(=O)(=O)N1CCOCC1. The van der Waals surface area contributed by atoms with Crippen molar-refractivity contribution in [1.82, 2.24) is 9.62 Å². The molecule has 1 amide bonds. The first-order valence-corrected chi connectivity index (χ1v) is 11.8. The van der Waals surface area contributed by atoms with E-state index in [0.29, 0.717) is 37.4 Å². The molecule has 6 nitrogen and oxygen atoms in total. The lowest BCUT2D eigenvalue weighted by atomic mass is 9.99. The Morgan fingerprint density at radius 2 is 1.74 bits per heavy atom. The molecule has 0 aliphatic carbocycles. The molecule has 1 atom stereocenters. The zero-order valence-corrected chi connectivity index (χ0v) is 18.5. The van der Waals surface area contributed by atoms with E-state index < -0.39 is 10.0 Å². The third-order valence-electron chi connectivity index (χ3n) is 5.68. The summed E-state index contributed by atoms with van der Waals surface area (Å²) in [5.41, 5.74) is 1.95. The number of hydrogen-bond acceptors (Lipinski definition) is 4. The van der Waals surface area contributed by atoms with Crippen LogP contribution in [-0.4, -0.2) is 44.9 Å². The normalized spacial score (nSPS) is 16.2. The van der Waals surface area contributed by atoms with Gasteiger partial charge in [0.25, 0.3) is 5.91 Å². The molecule has 0 aromatic heterocycles. The highest BCUT2D eigenvalue weighted by atomic mass is 32.2. The number of nitrogens with one attached hydrogen (secondary N) is 1. The van der Waals surface area contributed by atoms with Crippen LogP contribution >= 0.6 is 0 Å². The van der Waals surface area contributed by atoms with Gasteiger partial charge in [-0.25, -0.2) is 8.42 Å². The number of nitrogens with zero attached hydrogens (tertiary/aromatic N) is 1. The smallest absolute Gasteiger partial charge is 0.251 e. The molecule has 0 bridgehead atoms. The number of aryl methyl sites for hydroxylation is 1. The van der Waals surface area contributed by atoms with Crippen molar-refractivity contribution < 1.29 is 17.9 Å². The number of amides is 1. The highest BCUT2D eigenvalue weighted by Gasteiger charge is 2.28. The molecule has 1 aliphatic heterocycles. The molecule has 7 heteroatoms. The topological polar surface area (TPSA) is 75.7 Å². The van der Waals surface area contributed by atoms with Crippen molar-refractivity contribution in [3.63, 3.8) is 0 Å². The summed E-state index contributed by atoms with van der Waals surface area (Å²) in [5.74, 6) is -0.307. The minimum Gasteiger partial charge on any atom is -0.379 e. The number of benzene rings is 3. The van der Waals surface area contributed by atoms with Gasteiger partial charge in [-0.3, -0.25) is 4.79 Å². The summed E-state index contributed by atoms with van der Waals surface area (Å²) in [6.07, 6.45) is 0. The van der Waals surface area contributed by atoms with Crippen LogP contribution in [-0.2, 0) is 14.8 Å². The molecule has 0 saturated carbocycles. The zero-order valence-electron chi connectivity index (χ0n) is 17.7. The standard InChI is InChI=1S/C24H26N2O4S/c1-17-10-11-20(16-23(17)31(28,29)26-12-14-30-15-13-26)24(27)25-18(2)21-9-5-7-19-6-3-4-8-22(19)21/h3-11,16,18H,12-15H2,1-2H3,(H,25,27). The molecule has 1 saturated heterocycles. The largest absolute Gasteiger partial charge is 0.379 e. The Labute approximate surface area is 182 Å². The fourth-order valence-electron chi connectivity index (χ4n) is 3.93. The van der Waals surface area contributed by atoms with Gasteiger partial charge in [0.05, 0.1) is 24.2 Å². The van der Waals surface area contributed by atoms with Crippen LogP contribution < -0.4 is 5.32 Å². The van der Waals surface area contributed by atoms with Gasteiger partial charge in [0, 0.05) is 18.7 Å². The number of carbonyl (C=O) groups excluding carboxylic acids is 1. The fraction of sp³-hybridized carbons (Fsp3) is 0.292. The molecule has 3 aromatic carbocycles. The van der Waals surface area contributed by atoms with E-state index in [0.717, 1.165) is 16.3 Å². The summed E-state index contributed by atoms with van der Waals surface area (Å²) in [6, 6.07) is 18.6. The highest BCUT2D eigenvalue weighted by molar-refractivity contribution is 7.89. The maximum atomic E-state index is 13.1. The first-order chi connectivity index (χ1) is 14.9. The molecule has 4 rings (SSSR count). The predicted octanol–water partition coefficient (Wildman–Crippen LogP) is 3.66. The van der Waals surface area contributed by atoms with E-state index in [-0.39, 0.29) is 16.8 Å². The van der Waals surface area contributed by atoms with E-state index in [9.17, 15) is 13.2 Å². The number of fused-ring (bicyclic) bond motifs is 1. The minimum absolute atomic E-state index is 0.167. The molecule has 1 N–H and O–H groups in total. The third-order valence-corrected chi connectivity index (χ3v) is 7.72. The molecule has 0 spiro atoms. The second kappa shape index (κ2) is 8.78. The van der Waals surface area contributed by atoms with Crippen LogP contribution in [0.2, 0.25) is 0 Å². The molecular weight excluding hydrogens is 412 g/mol. The van der Waals surface area contributed by atoms with Crippen LogP contribution in [0.5, 0.6) is 0 Å². The monoisotopic (exact) mass is 438 g/mol. The lowest BCUT2D eigenvalue weighted by Crippen LogP contribution is -2.41. The van der Waals surface area contributed by atoms with E-state index in [4.69, 9.17) is 4.74 Å². The second-order valence-corrected chi connectivity index (χ2v) is 9.67. The van der Waals surface area contributed by atoms with Crippen molar-refractivity contribution in [2.75, 3.05) is 26.3 Å². The van der Waals surface area contributed by atoms with Crippen LogP contribution in [0.4, 0.5) is 0 Å². The molecule has 1 aliphatic rings. The number of hydrogen-bond donors (Lipinski definition) is 1. The van der Waals surface area contributed by atoms with Gasteiger partial charge >= 0.3 is 0 Å². The maximum Gasteiger partial charge on any atom is 0.251 e. The minimum atomic E-state index is -3.68. The van der Waals surface area contributed by atoms with Gasteiger partial charge < -0.3 is 10.1 Å². The maximum absolute atomic E-state index is 13.1. The Morgan fingerprint density at radius 1 is 1.03 bits per heavy atom. The van der Waals surface area contributed by atoms with Gasteiger partial charge in [-0.1, -0.05) is 48.5 Å². The Hall–Kier alpha value is -2.74. The summed E-state index contributed by atoms with van der Waals surface area (Å²) < 4.78 is 32.9. The van der Waals surface area contributed by atoms with Gasteiger partial charge in [-0.2, -0.15) is 4.31 Å². The van der Waals surface area contributed by atoms with Crippen LogP contribution in [0.25, 0.3) is 10.8 Å². The molecule has 1 heterocycles. The summed E-state index contributed by atoms with van der Waals surface area (Å²) in [5, 5.41) is 5.20. The second-order valence-electron chi connectivity index (χ2n) is 7.76. The van der Waals surface area contributed by atoms with Crippen LogP contribution in [0.3, 0.4) is 0 Å². The molecule has 31 heavy (non-hydrogen) atoms. The van der Waals surface area contributed by atoms with Crippen molar-refractivity contribution in [3.8, 4) is 0 Å². The molecule has 1 fully saturated rings. The molecular formula is C24H26N2O4S. The van der Waals surface area contributed by atoms with E-state index in [1.54, 1.807) is 19.1 Å². The van der Waals surface area contributed by atoms with E-state index in [1.165, 1.54) is 10.4 Å². The average Bonchev–Trinajstić information content (AvgIpc) is 2.79. The Kier molecular flexibility index (Phi) is 6.09. The summed E-state index contributed by atoms with van der Waals surface area (Å²) in [4.78, 5) is 13.2. The van der Waals surface area contributed by atoms with Crippen molar-refractivity contribution in [1.29, 1.82) is 0 Å². The number of sulfonamides is 1. The van der Waals surface area contributed by atoms with Crippen LogP contribution in [0, 0.1) is 6.92 Å². The van der Waals surface area contributed by atoms with Crippen LogP contribution in [0.1, 0.15) is 34.5 Å².